The van der Waals surface area contributed by atoms with Gasteiger partial charge >= 0.3 is 0 Å². The Morgan fingerprint density at radius 2 is 1.59 bits per heavy atom. The second-order valence-corrected chi connectivity index (χ2v) is 11.9. The summed E-state index contributed by atoms with van der Waals surface area (Å²) in [5.74, 6) is -1.46. The molecule has 1 atom stereocenters. The van der Waals surface area contributed by atoms with E-state index >= 15 is 0 Å². The number of rotatable bonds is 11. The zero-order valence-corrected chi connectivity index (χ0v) is 24.0. The first-order valence-electron chi connectivity index (χ1n) is 12.6. The van der Waals surface area contributed by atoms with Crippen molar-refractivity contribution in [2.75, 3.05) is 17.4 Å². The number of carbonyl (C=O) groups is 2. The van der Waals surface area contributed by atoms with E-state index < -0.39 is 40.2 Å². The SMILES string of the molecule is Cc1c(Cl)cccc1N(CC(=O)N(Cc1ccccc1F)C(C)C(=O)NCC(C)C)S(=O)(=O)c1ccccc1. The van der Waals surface area contributed by atoms with Gasteiger partial charge in [-0.2, -0.15) is 0 Å². The fraction of sp³-hybridized carbons (Fsp3) is 0.310. The maximum absolute atomic E-state index is 14.6. The number of amides is 2. The van der Waals surface area contributed by atoms with Crippen LogP contribution in [0, 0.1) is 18.7 Å². The maximum Gasteiger partial charge on any atom is 0.264 e. The van der Waals surface area contributed by atoms with Crippen LogP contribution in [0.5, 0.6) is 0 Å². The van der Waals surface area contributed by atoms with E-state index in [4.69, 9.17) is 11.6 Å². The molecule has 208 valence electrons. The highest BCUT2D eigenvalue weighted by Crippen LogP contribution is 2.31. The summed E-state index contributed by atoms with van der Waals surface area (Å²) >= 11 is 6.32. The Labute approximate surface area is 234 Å². The Kier molecular flexibility index (Phi) is 10.1. The Hall–Kier alpha value is -3.43. The van der Waals surface area contributed by atoms with Crippen molar-refractivity contribution < 1.29 is 22.4 Å². The lowest BCUT2D eigenvalue weighted by molar-refractivity contribution is -0.139. The van der Waals surface area contributed by atoms with Gasteiger partial charge in [-0.25, -0.2) is 12.8 Å². The van der Waals surface area contributed by atoms with Gasteiger partial charge in [0.2, 0.25) is 11.8 Å². The molecule has 0 fully saturated rings. The Bertz CT molecular complexity index is 1420. The number of benzene rings is 3. The molecule has 0 spiro atoms. The van der Waals surface area contributed by atoms with Gasteiger partial charge in [0.15, 0.2) is 0 Å². The average molecular weight is 574 g/mol. The van der Waals surface area contributed by atoms with Crippen LogP contribution >= 0.6 is 11.6 Å². The molecule has 3 aromatic carbocycles. The second-order valence-electron chi connectivity index (χ2n) is 9.64. The number of carbonyl (C=O) groups excluding carboxylic acids is 2. The first-order chi connectivity index (χ1) is 18.4. The minimum atomic E-state index is -4.22. The van der Waals surface area contributed by atoms with Gasteiger partial charge in [0.05, 0.1) is 10.6 Å². The number of halogens is 2. The number of sulfonamides is 1. The predicted molar refractivity (Wildman–Crippen MR) is 151 cm³/mol. The largest absolute Gasteiger partial charge is 0.354 e. The second kappa shape index (κ2) is 13.1. The summed E-state index contributed by atoms with van der Waals surface area (Å²) in [5.41, 5.74) is 0.892. The molecular weight excluding hydrogens is 541 g/mol. The normalized spacial score (nSPS) is 12.2. The number of nitrogens with zero attached hydrogens (tertiary/aromatic N) is 2. The molecular formula is C29H33ClFN3O4S. The third-order valence-electron chi connectivity index (χ3n) is 6.27. The van der Waals surface area contributed by atoms with Crippen LogP contribution in [0.1, 0.15) is 31.9 Å². The van der Waals surface area contributed by atoms with Crippen molar-refractivity contribution in [3.8, 4) is 0 Å². The van der Waals surface area contributed by atoms with Crippen LogP contribution in [0.15, 0.2) is 77.7 Å². The summed E-state index contributed by atoms with van der Waals surface area (Å²) in [6.07, 6.45) is 0. The standard InChI is InChI=1S/C29H33ClFN3O4S/c1-20(2)17-32-29(36)22(4)33(18-23-11-8-9-15-26(23)31)28(35)19-34(27-16-10-14-25(30)21(27)3)39(37,38)24-12-6-5-7-13-24/h5-16,20,22H,17-19H2,1-4H3,(H,32,36). The number of hydrogen-bond donors (Lipinski definition) is 1. The van der Waals surface area contributed by atoms with Crippen molar-refractivity contribution in [3.63, 3.8) is 0 Å². The molecule has 7 nitrogen and oxygen atoms in total. The molecule has 3 aromatic rings. The van der Waals surface area contributed by atoms with Gasteiger partial charge in [0, 0.05) is 23.7 Å². The van der Waals surface area contributed by atoms with Gasteiger partial charge in [0.25, 0.3) is 10.0 Å². The zero-order chi connectivity index (χ0) is 28.7. The van der Waals surface area contributed by atoms with Crippen molar-refractivity contribution >= 4 is 39.1 Å². The van der Waals surface area contributed by atoms with Crippen LogP contribution < -0.4 is 9.62 Å². The Morgan fingerprint density at radius 1 is 0.949 bits per heavy atom. The number of nitrogens with one attached hydrogen (secondary N) is 1. The molecule has 10 heteroatoms. The molecule has 0 bridgehead atoms. The summed E-state index contributed by atoms with van der Waals surface area (Å²) < 4.78 is 43.2. The van der Waals surface area contributed by atoms with Crippen LogP contribution in [0.2, 0.25) is 5.02 Å². The topological polar surface area (TPSA) is 86.8 Å². The van der Waals surface area contributed by atoms with E-state index in [0.29, 0.717) is 17.1 Å². The molecule has 0 radical (unpaired) electrons. The molecule has 0 aliphatic heterocycles. The minimum absolute atomic E-state index is 0.0134. The smallest absolute Gasteiger partial charge is 0.264 e. The van der Waals surface area contributed by atoms with Crippen LogP contribution in [0.4, 0.5) is 10.1 Å². The molecule has 2 amide bonds. The molecule has 3 rings (SSSR count). The van der Waals surface area contributed by atoms with Crippen molar-refractivity contribution in [3.05, 3.63) is 94.8 Å². The van der Waals surface area contributed by atoms with Gasteiger partial charge in [-0.15, -0.1) is 0 Å². The lowest BCUT2D eigenvalue weighted by atomic mass is 10.1. The molecule has 0 aliphatic rings. The molecule has 0 aliphatic carbocycles. The zero-order valence-electron chi connectivity index (χ0n) is 22.4. The molecule has 0 aromatic heterocycles. The van der Waals surface area contributed by atoms with Crippen LogP contribution in [0.3, 0.4) is 0 Å². The third-order valence-corrected chi connectivity index (χ3v) is 8.45. The fourth-order valence-electron chi connectivity index (χ4n) is 3.94. The third kappa shape index (κ3) is 7.36. The molecule has 0 saturated heterocycles. The van der Waals surface area contributed by atoms with Crippen LogP contribution in [-0.2, 0) is 26.2 Å². The van der Waals surface area contributed by atoms with Gasteiger partial charge < -0.3 is 10.2 Å². The van der Waals surface area contributed by atoms with E-state index in [9.17, 15) is 22.4 Å². The van der Waals surface area contributed by atoms with E-state index in [1.54, 1.807) is 49.4 Å². The highest BCUT2D eigenvalue weighted by molar-refractivity contribution is 7.92. The van der Waals surface area contributed by atoms with Crippen LogP contribution in [-0.4, -0.2) is 44.3 Å². The summed E-state index contributed by atoms with van der Waals surface area (Å²) in [7, 11) is -4.22. The lowest BCUT2D eigenvalue weighted by Crippen LogP contribution is -2.51. The van der Waals surface area contributed by atoms with E-state index in [1.807, 2.05) is 13.8 Å². The maximum atomic E-state index is 14.6. The lowest BCUT2D eigenvalue weighted by Gasteiger charge is -2.32. The highest BCUT2D eigenvalue weighted by Gasteiger charge is 2.33. The fourth-order valence-corrected chi connectivity index (χ4v) is 5.61. The van der Waals surface area contributed by atoms with E-state index in [-0.39, 0.29) is 28.6 Å². The van der Waals surface area contributed by atoms with Crippen molar-refractivity contribution in [2.45, 2.75) is 45.2 Å². The first-order valence-corrected chi connectivity index (χ1v) is 14.4. The summed E-state index contributed by atoms with van der Waals surface area (Å²) in [6.45, 7) is 6.61. The Balaban J connectivity index is 2.05. The summed E-state index contributed by atoms with van der Waals surface area (Å²) in [5, 5.41) is 3.13. The highest BCUT2D eigenvalue weighted by atomic mass is 35.5. The van der Waals surface area contributed by atoms with Gasteiger partial charge in [0.1, 0.15) is 18.4 Å². The van der Waals surface area contributed by atoms with Gasteiger partial charge in [-0.3, -0.25) is 13.9 Å². The predicted octanol–water partition coefficient (Wildman–Crippen LogP) is 5.17. The molecule has 0 saturated carbocycles. The van der Waals surface area contributed by atoms with Crippen molar-refractivity contribution in [1.29, 1.82) is 0 Å². The summed E-state index contributed by atoms with van der Waals surface area (Å²) in [4.78, 5) is 28.1. The number of hydrogen-bond acceptors (Lipinski definition) is 4. The number of anilines is 1. The van der Waals surface area contributed by atoms with Crippen molar-refractivity contribution in [2.24, 2.45) is 5.92 Å². The van der Waals surface area contributed by atoms with Crippen molar-refractivity contribution in [1.82, 2.24) is 10.2 Å². The molecule has 0 heterocycles. The van der Waals surface area contributed by atoms with Gasteiger partial charge in [-0.05, 0) is 55.7 Å². The molecule has 39 heavy (non-hydrogen) atoms. The summed E-state index contributed by atoms with van der Waals surface area (Å²) in [6, 6.07) is 17.5. The molecule has 1 N–H and O–H groups in total. The Morgan fingerprint density at radius 3 is 2.23 bits per heavy atom. The van der Waals surface area contributed by atoms with Gasteiger partial charge in [-0.1, -0.05) is 67.9 Å². The minimum Gasteiger partial charge on any atom is -0.354 e. The van der Waals surface area contributed by atoms with Crippen LogP contribution in [0.25, 0.3) is 0 Å². The monoisotopic (exact) mass is 573 g/mol. The van der Waals surface area contributed by atoms with E-state index in [0.717, 1.165) is 4.31 Å². The van der Waals surface area contributed by atoms with E-state index in [2.05, 4.69) is 5.32 Å². The quantitative estimate of drug-likeness (QED) is 0.343. The average Bonchev–Trinajstić information content (AvgIpc) is 2.91. The molecule has 1 unspecified atom stereocenters. The van der Waals surface area contributed by atoms with E-state index in [1.165, 1.54) is 42.2 Å². The first kappa shape index (κ1) is 30.1.